The van der Waals surface area contributed by atoms with Crippen molar-refractivity contribution >= 4 is 11.6 Å². The highest BCUT2D eigenvalue weighted by atomic mass is 35.5. The fourth-order valence-electron chi connectivity index (χ4n) is 1.92. The summed E-state index contributed by atoms with van der Waals surface area (Å²) < 4.78 is 1.98. The summed E-state index contributed by atoms with van der Waals surface area (Å²) in [6, 6.07) is 0. The molecule has 0 atom stereocenters. The molecule has 0 fully saturated rings. The SMILES string of the molecule is CCCCCCNCc1c(Cl)c(C)nn1CC. The summed E-state index contributed by atoms with van der Waals surface area (Å²) in [6.45, 7) is 9.03. The third-order valence-corrected chi connectivity index (χ3v) is 3.44. The van der Waals surface area contributed by atoms with E-state index in [0.29, 0.717) is 0 Å². The zero-order valence-corrected chi connectivity index (χ0v) is 12.0. The summed E-state index contributed by atoms with van der Waals surface area (Å²) in [4.78, 5) is 0. The lowest BCUT2D eigenvalue weighted by Crippen LogP contribution is -2.18. The molecule has 4 heteroatoms. The van der Waals surface area contributed by atoms with Crippen LogP contribution in [0.25, 0.3) is 0 Å². The van der Waals surface area contributed by atoms with Crippen LogP contribution >= 0.6 is 11.6 Å². The quantitative estimate of drug-likeness (QED) is 0.722. The molecular formula is C13H24ClN3. The van der Waals surface area contributed by atoms with Gasteiger partial charge in [0.1, 0.15) is 0 Å². The van der Waals surface area contributed by atoms with E-state index in [1.165, 1.54) is 25.7 Å². The van der Waals surface area contributed by atoms with Gasteiger partial charge in [0.15, 0.2) is 0 Å². The fourth-order valence-corrected chi connectivity index (χ4v) is 2.12. The molecule has 0 saturated heterocycles. The van der Waals surface area contributed by atoms with Gasteiger partial charge in [0.2, 0.25) is 0 Å². The summed E-state index contributed by atoms with van der Waals surface area (Å²) in [5.41, 5.74) is 2.04. The summed E-state index contributed by atoms with van der Waals surface area (Å²) in [5, 5.41) is 8.66. The number of hydrogen-bond acceptors (Lipinski definition) is 2. The van der Waals surface area contributed by atoms with Crippen LogP contribution in [0.4, 0.5) is 0 Å². The fraction of sp³-hybridized carbons (Fsp3) is 0.769. The second kappa shape index (κ2) is 7.72. The van der Waals surface area contributed by atoms with E-state index in [-0.39, 0.29) is 0 Å². The number of rotatable bonds is 8. The second-order valence-electron chi connectivity index (χ2n) is 4.40. The van der Waals surface area contributed by atoms with Crippen molar-refractivity contribution in [3.8, 4) is 0 Å². The Balaban J connectivity index is 2.35. The van der Waals surface area contributed by atoms with Gasteiger partial charge in [-0.25, -0.2) is 0 Å². The molecule has 0 aliphatic carbocycles. The van der Waals surface area contributed by atoms with E-state index in [1.54, 1.807) is 0 Å². The van der Waals surface area contributed by atoms with E-state index in [9.17, 15) is 0 Å². The van der Waals surface area contributed by atoms with Crippen LogP contribution in [-0.2, 0) is 13.1 Å². The van der Waals surface area contributed by atoms with Crippen molar-refractivity contribution < 1.29 is 0 Å². The second-order valence-corrected chi connectivity index (χ2v) is 4.78. The molecule has 0 aromatic carbocycles. The number of halogens is 1. The molecular weight excluding hydrogens is 234 g/mol. The molecule has 0 aliphatic rings. The third-order valence-electron chi connectivity index (χ3n) is 2.95. The van der Waals surface area contributed by atoms with Crippen molar-refractivity contribution in [3.05, 3.63) is 16.4 Å². The van der Waals surface area contributed by atoms with Crippen LogP contribution in [0.3, 0.4) is 0 Å². The van der Waals surface area contributed by atoms with Crippen molar-refractivity contribution in [2.24, 2.45) is 0 Å². The molecule has 3 nitrogen and oxygen atoms in total. The molecule has 0 bridgehead atoms. The van der Waals surface area contributed by atoms with Crippen molar-refractivity contribution in [1.82, 2.24) is 15.1 Å². The van der Waals surface area contributed by atoms with E-state index < -0.39 is 0 Å². The molecule has 0 unspecified atom stereocenters. The lowest BCUT2D eigenvalue weighted by atomic mass is 10.2. The van der Waals surface area contributed by atoms with E-state index in [2.05, 4.69) is 24.3 Å². The molecule has 0 aliphatic heterocycles. The smallest absolute Gasteiger partial charge is 0.0860 e. The lowest BCUT2D eigenvalue weighted by molar-refractivity contribution is 0.557. The normalized spacial score (nSPS) is 11.1. The maximum absolute atomic E-state index is 6.23. The molecule has 1 heterocycles. The largest absolute Gasteiger partial charge is 0.311 e. The summed E-state index contributed by atoms with van der Waals surface area (Å²) in [5.74, 6) is 0. The monoisotopic (exact) mass is 257 g/mol. The minimum atomic E-state index is 0.813. The van der Waals surface area contributed by atoms with Crippen molar-refractivity contribution in [1.29, 1.82) is 0 Å². The summed E-state index contributed by atoms with van der Waals surface area (Å²) >= 11 is 6.23. The molecule has 0 radical (unpaired) electrons. The molecule has 1 N–H and O–H groups in total. The van der Waals surface area contributed by atoms with Crippen molar-refractivity contribution in [2.45, 2.75) is 59.5 Å². The van der Waals surface area contributed by atoms with Gasteiger partial charge in [0.25, 0.3) is 0 Å². The van der Waals surface area contributed by atoms with Gasteiger partial charge in [-0.2, -0.15) is 5.10 Å². The molecule has 0 spiro atoms. The maximum atomic E-state index is 6.23. The van der Waals surface area contributed by atoms with Crippen LogP contribution < -0.4 is 5.32 Å². The predicted octanol–water partition coefficient (Wildman–Crippen LogP) is 3.53. The minimum absolute atomic E-state index is 0.813. The number of hydrogen-bond donors (Lipinski definition) is 1. The molecule has 1 rings (SSSR count). The first kappa shape index (κ1) is 14.5. The Bertz CT molecular complexity index is 334. The highest BCUT2D eigenvalue weighted by Crippen LogP contribution is 2.19. The maximum Gasteiger partial charge on any atom is 0.0860 e. The number of nitrogens with one attached hydrogen (secondary N) is 1. The molecule has 0 amide bonds. The highest BCUT2D eigenvalue weighted by Gasteiger charge is 2.11. The van der Waals surface area contributed by atoms with Crippen molar-refractivity contribution in [3.63, 3.8) is 0 Å². The van der Waals surface area contributed by atoms with Gasteiger partial charge in [-0.3, -0.25) is 4.68 Å². The number of aryl methyl sites for hydroxylation is 2. The minimum Gasteiger partial charge on any atom is -0.311 e. The van der Waals surface area contributed by atoms with Gasteiger partial charge in [-0.1, -0.05) is 37.8 Å². The van der Waals surface area contributed by atoms with Gasteiger partial charge >= 0.3 is 0 Å². The first-order valence-corrected chi connectivity index (χ1v) is 7.01. The van der Waals surface area contributed by atoms with E-state index >= 15 is 0 Å². The van der Waals surface area contributed by atoms with E-state index in [4.69, 9.17) is 11.6 Å². The van der Waals surface area contributed by atoms with Gasteiger partial charge in [-0.05, 0) is 26.8 Å². The predicted molar refractivity (Wildman–Crippen MR) is 73.5 cm³/mol. The average Bonchev–Trinajstić information content (AvgIpc) is 2.60. The van der Waals surface area contributed by atoms with Crippen LogP contribution in [-0.4, -0.2) is 16.3 Å². The third kappa shape index (κ3) is 4.32. The first-order valence-electron chi connectivity index (χ1n) is 6.63. The first-order chi connectivity index (χ1) is 8.20. The Hall–Kier alpha value is -0.540. The van der Waals surface area contributed by atoms with E-state index in [1.807, 2.05) is 11.6 Å². The number of nitrogens with zero attached hydrogens (tertiary/aromatic N) is 2. The highest BCUT2D eigenvalue weighted by molar-refractivity contribution is 6.31. The molecule has 0 saturated carbocycles. The zero-order valence-electron chi connectivity index (χ0n) is 11.2. The van der Waals surface area contributed by atoms with Gasteiger partial charge < -0.3 is 5.32 Å². The Labute approximate surface area is 110 Å². The standard InChI is InChI=1S/C13H24ClN3/c1-4-6-7-8-9-15-10-12-13(14)11(3)16-17(12)5-2/h15H,4-10H2,1-3H3. The van der Waals surface area contributed by atoms with Crippen LogP contribution in [0, 0.1) is 6.92 Å². The Morgan fingerprint density at radius 1 is 1.24 bits per heavy atom. The summed E-state index contributed by atoms with van der Waals surface area (Å²) in [7, 11) is 0. The van der Waals surface area contributed by atoms with Gasteiger partial charge in [0, 0.05) is 13.1 Å². The van der Waals surface area contributed by atoms with Crippen molar-refractivity contribution in [2.75, 3.05) is 6.54 Å². The number of aromatic nitrogens is 2. The zero-order chi connectivity index (χ0) is 12.7. The van der Waals surface area contributed by atoms with E-state index in [0.717, 1.165) is 36.0 Å². The number of unbranched alkanes of at least 4 members (excludes halogenated alkanes) is 3. The Kier molecular flexibility index (Phi) is 6.60. The van der Waals surface area contributed by atoms with Crippen LogP contribution in [0.1, 0.15) is 50.9 Å². The Morgan fingerprint density at radius 2 is 2.00 bits per heavy atom. The molecule has 1 aromatic heterocycles. The molecule has 1 aromatic rings. The summed E-state index contributed by atoms with van der Waals surface area (Å²) in [6.07, 6.45) is 5.16. The van der Waals surface area contributed by atoms with Crippen LogP contribution in [0.5, 0.6) is 0 Å². The van der Waals surface area contributed by atoms with Gasteiger partial charge in [0.05, 0.1) is 16.4 Å². The molecule has 17 heavy (non-hydrogen) atoms. The van der Waals surface area contributed by atoms with Crippen LogP contribution in [0.2, 0.25) is 5.02 Å². The average molecular weight is 258 g/mol. The van der Waals surface area contributed by atoms with Crippen LogP contribution in [0.15, 0.2) is 0 Å². The van der Waals surface area contributed by atoms with Gasteiger partial charge in [-0.15, -0.1) is 0 Å². The topological polar surface area (TPSA) is 29.9 Å². The Morgan fingerprint density at radius 3 is 2.65 bits per heavy atom. The lowest BCUT2D eigenvalue weighted by Gasteiger charge is -2.07. The molecule has 98 valence electrons.